The van der Waals surface area contributed by atoms with E-state index in [-0.39, 0.29) is 17.6 Å². The van der Waals surface area contributed by atoms with Crippen LogP contribution in [0.4, 0.5) is 0 Å². The molecule has 0 heterocycles. The molecule has 0 radical (unpaired) electrons. The molecule has 9 nitrogen and oxygen atoms in total. The number of amides is 3. The maximum atomic E-state index is 12.1. The van der Waals surface area contributed by atoms with Crippen molar-refractivity contribution in [2.75, 3.05) is 12.3 Å². The van der Waals surface area contributed by atoms with Crippen molar-refractivity contribution in [3.05, 3.63) is 0 Å². The quantitative estimate of drug-likeness (QED) is 0.252. The molecule has 26 heavy (non-hydrogen) atoms. The lowest BCUT2D eigenvalue weighted by atomic mass is 10.0. The van der Waals surface area contributed by atoms with Gasteiger partial charge in [0.2, 0.25) is 17.7 Å². The van der Waals surface area contributed by atoms with Crippen molar-refractivity contribution in [3.63, 3.8) is 0 Å². The Bertz CT molecular complexity index is 513. The van der Waals surface area contributed by atoms with Crippen LogP contribution in [0.5, 0.6) is 0 Å². The summed E-state index contributed by atoms with van der Waals surface area (Å²) < 4.78 is 0. The molecule has 3 atom stereocenters. The molecule has 150 valence electrons. The standard InChI is InChI=1S/C16H30N4O5S/c1-8(2)5-10(17)14(22)19-11(7-26)15(23)18-6-12(21)20-13(9(3)4)16(24)25/h8-11,13,26H,5-7,17H2,1-4H3,(H,18,23)(H,19,22)(H,20,21)(H,24,25). The molecule has 0 aromatic heterocycles. The molecule has 6 N–H and O–H groups in total. The Hall–Kier alpha value is -1.81. The Morgan fingerprint density at radius 1 is 1.04 bits per heavy atom. The molecular weight excluding hydrogens is 360 g/mol. The highest BCUT2D eigenvalue weighted by molar-refractivity contribution is 7.80. The van der Waals surface area contributed by atoms with Gasteiger partial charge < -0.3 is 26.8 Å². The van der Waals surface area contributed by atoms with E-state index in [1.165, 1.54) is 0 Å². The van der Waals surface area contributed by atoms with Crippen LogP contribution in [0.1, 0.15) is 34.1 Å². The van der Waals surface area contributed by atoms with E-state index < -0.39 is 48.4 Å². The number of rotatable bonds is 11. The van der Waals surface area contributed by atoms with Gasteiger partial charge in [0, 0.05) is 5.75 Å². The lowest BCUT2D eigenvalue weighted by Gasteiger charge is -2.21. The fourth-order valence-electron chi connectivity index (χ4n) is 2.12. The summed E-state index contributed by atoms with van der Waals surface area (Å²) in [6.07, 6.45) is 0.473. The first-order valence-corrected chi connectivity index (χ1v) is 9.09. The third-order valence-corrected chi connectivity index (χ3v) is 3.92. The number of thiol groups is 1. The molecule has 0 aliphatic carbocycles. The molecule has 0 fully saturated rings. The van der Waals surface area contributed by atoms with Gasteiger partial charge >= 0.3 is 5.97 Å². The topological polar surface area (TPSA) is 151 Å². The highest BCUT2D eigenvalue weighted by Crippen LogP contribution is 2.03. The van der Waals surface area contributed by atoms with Crippen LogP contribution in [-0.4, -0.2) is 59.2 Å². The van der Waals surface area contributed by atoms with Crippen molar-refractivity contribution in [1.29, 1.82) is 0 Å². The number of carbonyl (C=O) groups is 4. The van der Waals surface area contributed by atoms with Crippen LogP contribution >= 0.6 is 12.6 Å². The largest absolute Gasteiger partial charge is 0.480 e. The van der Waals surface area contributed by atoms with Gasteiger partial charge in [-0.05, 0) is 18.3 Å². The monoisotopic (exact) mass is 390 g/mol. The smallest absolute Gasteiger partial charge is 0.326 e. The Kier molecular flexibility index (Phi) is 10.9. The first-order valence-electron chi connectivity index (χ1n) is 8.46. The van der Waals surface area contributed by atoms with E-state index >= 15 is 0 Å². The number of aliphatic carboxylic acids is 1. The van der Waals surface area contributed by atoms with E-state index in [0.29, 0.717) is 6.42 Å². The van der Waals surface area contributed by atoms with Crippen molar-refractivity contribution in [2.24, 2.45) is 17.6 Å². The van der Waals surface area contributed by atoms with E-state index in [1.807, 2.05) is 13.8 Å². The fraction of sp³-hybridized carbons (Fsp3) is 0.750. The van der Waals surface area contributed by atoms with E-state index in [2.05, 4.69) is 28.6 Å². The van der Waals surface area contributed by atoms with Crippen LogP contribution < -0.4 is 21.7 Å². The average molecular weight is 391 g/mol. The Labute approximate surface area is 159 Å². The Morgan fingerprint density at radius 2 is 1.62 bits per heavy atom. The summed E-state index contributed by atoms with van der Waals surface area (Å²) in [4.78, 5) is 47.0. The SMILES string of the molecule is CC(C)CC(N)C(=O)NC(CS)C(=O)NCC(=O)NC(C(=O)O)C(C)C. The first kappa shape index (κ1) is 24.2. The van der Waals surface area contributed by atoms with Crippen molar-refractivity contribution >= 4 is 36.3 Å². The third kappa shape index (κ3) is 9.04. The summed E-state index contributed by atoms with van der Waals surface area (Å²) in [6, 6.07) is -2.73. The molecule has 0 aromatic rings. The molecule has 3 unspecified atom stereocenters. The summed E-state index contributed by atoms with van der Waals surface area (Å²) >= 11 is 4.03. The van der Waals surface area contributed by atoms with Crippen molar-refractivity contribution < 1.29 is 24.3 Å². The van der Waals surface area contributed by atoms with Gasteiger partial charge in [-0.3, -0.25) is 14.4 Å². The van der Waals surface area contributed by atoms with Gasteiger partial charge in [0.05, 0.1) is 12.6 Å². The van der Waals surface area contributed by atoms with Gasteiger partial charge in [-0.2, -0.15) is 12.6 Å². The predicted octanol–water partition coefficient (Wildman–Crippen LogP) is -0.884. The van der Waals surface area contributed by atoms with Gasteiger partial charge in [0.1, 0.15) is 12.1 Å². The van der Waals surface area contributed by atoms with Crippen LogP contribution in [0, 0.1) is 11.8 Å². The Morgan fingerprint density at radius 3 is 2.04 bits per heavy atom. The fourth-order valence-corrected chi connectivity index (χ4v) is 2.37. The van der Waals surface area contributed by atoms with E-state index in [0.717, 1.165) is 0 Å². The summed E-state index contributed by atoms with van der Waals surface area (Å²) in [7, 11) is 0. The van der Waals surface area contributed by atoms with Gasteiger partial charge in [0.25, 0.3) is 0 Å². The minimum atomic E-state index is -1.15. The van der Waals surface area contributed by atoms with E-state index in [1.54, 1.807) is 13.8 Å². The van der Waals surface area contributed by atoms with Crippen molar-refractivity contribution in [2.45, 2.75) is 52.2 Å². The number of nitrogens with one attached hydrogen (secondary N) is 3. The van der Waals surface area contributed by atoms with Gasteiger partial charge in [-0.1, -0.05) is 27.7 Å². The molecule has 0 rings (SSSR count). The second-order valence-corrected chi connectivity index (χ2v) is 7.19. The number of hydrogen-bond donors (Lipinski definition) is 6. The zero-order valence-electron chi connectivity index (χ0n) is 15.6. The normalized spacial score (nSPS) is 14.5. The second-order valence-electron chi connectivity index (χ2n) is 6.83. The highest BCUT2D eigenvalue weighted by Gasteiger charge is 2.25. The summed E-state index contributed by atoms with van der Waals surface area (Å²) in [5, 5.41) is 16.2. The Balaban J connectivity index is 4.56. The summed E-state index contributed by atoms with van der Waals surface area (Å²) in [5.74, 6) is -2.92. The lowest BCUT2D eigenvalue weighted by Crippen LogP contribution is -2.54. The second kappa shape index (κ2) is 11.7. The van der Waals surface area contributed by atoms with Gasteiger partial charge in [-0.25, -0.2) is 4.79 Å². The predicted molar refractivity (Wildman–Crippen MR) is 101 cm³/mol. The molecule has 0 saturated carbocycles. The van der Waals surface area contributed by atoms with E-state index in [9.17, 15) is 19.2 Å². The minimum absolute atomic E-state index is 0.0251. The van der Waals surface area contributed by atoms with Crippen LogP contribution in [0.15, 0.2) is 0 Å². The average Bonchev–Trinajstić information content (AvgIpc) is 2.53. The van der Waals surface area contributed by atoms with Crippen molar-refractivity contribution in [1.82, 2.24) is 16.0 Å². The number of carbonyl (C=O) groups excluding carboxylic acids is 3. The van der Waals surface area contributed by atoms with Crippen LogP contribution in [0.2, 0.25) is 0 Å². The molecular formula is C16H30N4O5S. The zero-order chi connectivity index (χ0) is 20.4. The zero-order valence-corrected chi connectivity index (χ0v) is 16.5. The third-order valence-electron chi connectivity index (χ3n) is 3.55. The van der Waals surface area contributed by atoms with Gasteiger partial charge in [0.15, 0.2) is 0 Å². The van der Waals surface area contributed by atoms with Crippen LogP contribution in [0.25, 0.3) is 0 Å². The molecule has 0 bridgehead atoms. The lowest BCUT2D eigenvalue weighted by molar-refractivity contribution is -0.143. The number of nitrogens with two attached hydrogens (primary N) is 1. The molecule has 0 spiro atoms. The molecule has 0 saturated heterocycles. The number of carboxylic acids is 1. The van der Waals surface area contributed by atoms with Gasteiger partial charge in [-0.15, -0.1) is 0 Å². The number of hydrogen-bond acceptors (Lipinski definition) is 6. The maximum Gasteiger partial charge on any atom is 0.326 e. The summed E-state index contributed by atoms with van der Waals surface area (Å²) in [6.45, 7) is 6.76. The molecule has 0 aliphatic heterocycles. The first-order chi connectivity index (χ1) is 12.0. The van der Waals surface area contributed by atoms with Crippen LogP contribution in [-0.2, 0) is 19.2 Å². The molecule has 0 aliphatic rings. The van der Waals surface area contributed by atoms with E-state index in [4.69, 9.17) is 10.8 Å². The maximum absolute atomic E-state index is 12.1. The van der Waals surface area contributed by atoms with Crippen LogP contribution in [0.3, 0.4) is 0 Å². The van der Waals surface area contributed by atoms with Crippen molar-refractivity contribution in [3.8, 4) is 0 Å². The molecule has 0 aromatic carbocycles. The number of carboxylic acid groups (broad SMARTS) is 1. The highest BCUT2D eigenvalue weighted by atomic mass is 32.1. The minimum Gasteiger partial charge on any atom is -0.480 e. The molecule has 10 heteroatoms. The summed E-state index contributed by atoms with van der Waals surface area (Å²) in [5.41, 5.74) is 5.77. The molecule has 3 amide bonds.